The second kappa shape index (κ2) is 6.70. The van der Waals surface area contributed by atoms with Crippen LogP contribution in [0.4, 0.5) is 0 Å². The van der Waals surface area contributed by atoms with Crippen LogP contribution in [-0.2, 0) is 4.79 Å². The van der Waals surface area contributed by atoms with Gasteiger partial charge in [0.2, 0.25) is 0 Å². The van der Waals surface area contributed by atoms with Gasteiger partial charge in [-0.05, 0) is 29.7 Å². The summed E-state index contributed by atoms with van der Waals surface area (Å²) in [5, 5.41) is 18.5. The van der Waals surface area contributed by atoms with E-state index in [1.165, 1.54) is 0 Å². The molecule has 0 unspecified atom stereocenters. The van der Waals surface area contributed by atoms with E-state index in [0.29, 0.717) is 0 Å². The summed E-state index contributed by atoms with van der Waals surface area (Å²) in [5.41, 5.74) is 2.02. The van der Waals surface area contributed by atoms with Crippen molar-refractivity contribution in [3.8, 4) is 16.9 Å². The molecule has 2 aromatic rings. The SMILES string of the molecule is O=C(O)CCCC(=O)c1ccc(-c2ccccc2)cc1O. The molecule has 0 saturated heterocycles. The van der Waals surface area contributed by atoms with Gasteiger partial charge in [0.1, 0.15) is 5.75 Å². The molecule has 0 heterocycles. The number of benzene rings is 2. The first-order chi connectivity index (χ1) is 10.1. The van der Waals surface area contributed by atoms with Gasteiger partial charge >= 0.3 is 5.97 Å². The molecule has 2 rings (SSSR count). The Bertz CT molecular complexity index is 647. The van der Waals surface area contributed by atoms with E-state index in [1.54, 1.807) is 18.2 Å². The summed E-state index contributed by atoms with van der Waals surface area (Å²) in [6.07, 6.45) is 0.340. The number of carbonyl (C=O) groups excluding carboxylic acids is 1. The average Bonchev–Trinajstić information content (AvgIpc) is 2.47. The highest BCUT2D eigenvalue weighted by atomic mass is 16.4. The number of aliphatic carboxylic acids is 1. The van der Waals surface area contributed by atoms with Crippen molar-refractivity contribution in [1.29, 1.82) is 0 Å². The van der Waals surface area contributed by atoms with Crippen LogP contribution in [0.5, 0.6) is 5.75 Å². The summed E-state index contributed by atoms with van der Waals surface area (Å²) in [6.45, 7) is 0. The number of carboxylic acid groups (broad SMARTS) is 1. The molecule has 21 heavy (non-hydrogen) atoms. The third-order valence-corrected chi connectivity index (χ3v) is 3.20. The molecule has 0 amide bonds. The Labute approximate surface area is 122 Å². The van der Waals surface area contributed by atoms with Crippen LogP contribution in [0.1, 0.15) is 29.6 Å². The lowest BCUT2D eigenvalue weighted by molar-refractivity contribution is -0.137. The van der Waals surface area contributed by atoms with Crippen molar-refractivity contribution in [2.24, 2.45) is 0 Å². The highest BCUT2D eigenvalue weighted by Gasteiger charge is 2.12. The Morgan fingerprint density at radius 3 is 2.24 bits per heavy atom. The maximum atomic E-state index is 11.9. The number of Topliss-reactive ketones (excluding diaryl/α,β-unsaturated/α-hetero) is 1. The van der Waals surface area contributed by atoms with E-state index in [-0.39, 0.29) is 36.4 Å². The third kappa shape index (κ3) is 3.92. The zero-order valence-corrected chi connectivity index (χ0v) is 11.5. The first-order valence-electron chi connectivity index (χ1n) is 6.71. The second-order valence-corrected chi connectivity index (χ2v) is 4.77. The van der Waals surface area contributed by atoms with E-state index in [1.807, 2.05) is 30.3 Å². The minimum absolute atomic E-state index is 0.0470. The first kappa shape index (κ1) is 14.8. The summed E-state index contributed by atoms with van der Waals surface area (Å²) < 4.78 is 0. The summed E-state index contributed by atoms with van der Waals surface area (Å²) in [5.74, 6) is -1.24. The highest BCUT2D eigenvalue weighted by Crippen LogP contribution is 2.27. The largest absolute Gasteiger partial charge is 0.507 e. The fourth-order valence-electron chi connectivity index (χ4n) is 2.11. The Hall–Kier alpha value is -2.62. The number of hydrogen-bond donors (Lipinski definition) is 2. The lowest BCUT2D eigenvalue weighted by Crippen LogP contribution is -2.02. The Balaban J connectivity index is 2.12. The third-order valence-electron chi connectivity index (χ3n) is 3.20. The van der Waals surface area contributed by atoms with Crippen molar-refractivity contribution in [3.63, 3.8) is 0 Å². The van der Waals surface area contributed by atoms with E-state index in [2.05, 4.69) is 0 Å². The van der Waals surface area contributed by atoms with Gasteiger partial charge < -0.3 is 10.2 Å². The number of carbonyl (C=O) groups is 2. The van der Waals surface area contributed by atoms with Crippen LogP contribution in [0.3, 0.4) is 0 Å². The molecule has 0 saturated carbocycles. The van der Waals surface area contributed by atoms with Gasteiger partial charge in [-0.15, -0.1) is 0 Å². The Morgan fingerprint density at radius 1 is 0.905 bits per heavy atom. The van der Waals surface area contributed by atoms with Crippen molar-refractivity contribution >= 4 is 11.8 Å². The standard InChI is InChI=1S/C17H16O4/c18-15(7-4-8-17(20)21)14-10-9-13(11-16(14)19)12-5-2-1-3-6-12/h1-3,5-6,9-11,19H,4,7-8H2,(H,20,21). The molecule has 0 aliphatic heterocycles. The fourth-order valence-corrected chi connectivity index (χ4v) is 2.11. The van der Waals surface area contributed by atoms with Crippen molar-refractivity contribution in [2.75, 3.05) is 0 Å². The van der Waals surface area contributed by atoms with E-state index in [9.17, 15) is 14.7 Å². The average molecular weight is 284 g/mol. The molecule has 4 heteroatoms. The Kier molecular flexibility index (Phi) is 4.72. The monoisotopic (exact) mass is 284 g/mol. The van der Waals surface area contributed by atoms with Crippen molar-refractivity contribution in [1.82, 2.24) is 0 Å². The van der Waals surface area contributed by atoms with Gasteiger partial charge in [0.15, 0.2) is 5.78 Å². The number of carboxylic acids is 1. The quantitative estimate of drug-likeness (QED) is 0.796. The zero-order chi connectivity index (χ0) is 15.2. The fraction of sp³-hybridized carbons (Fsp3) is 0.176. The predicted octanol–water partition coefficient (Wildman–Crippen LogP) is 3.50. The Morgan fingerprint density at radius 2 is 1.62 bits per heavy atom. The maximum absolute atomic E-state index is 11.9. The van der Waals surface area contributed by atoms with Crippen molar-refractivity contribution < 1.29 is 19.8 Å². The van der Waals surface area contributed by atoms with E-state index in [0.717, 1.165) is 11.1 Å². The smallest absolute Gasteiger partial charge is 0.303 e. The maximum Gasteiger partial charge on any atom is 0.303 e. The lowest BCUT2D eigenvalue weighted by atomic mass is 9.99. The molecule has 0 spiro atoms. The molecule has 2 N–H and O–H groups in total. The van der Waals surface area contributed by atoms with Gasteiger partial charge in [0.05, 0.1) is 5.56 Å². The number of hydrogen-bond acceptors (Lipinski definition) is 3. The molecule has 0 aromatic heterocycles. The van der Waals surface area contributed by atoms with Crippen LogP contribution < -0.4 is 0 Å². The number of aromatic hydroxyl groups is 1. The molecule has 2 aromatic carbocycles. The van der Waals surface area contributed by atoms with Crippen LogP contribution >= 0.6 is 0 Å². The van der Waals surface area contributed by atoms with E-state index in [4.69, 9.17) is 5.11 Å². The molecule has 4 nitrogen and oxygen atoms in total. The topological polar surface area (TPSA) is 74.6 Å². The summed E-state index contributed by atoms with van der Waals surface area (Å²) >= 11 is 0. The first-order valence-corrected chi connectivity index (χ1v) is 6.71. The molecule has 0 atom stereocenters. The molecule has 0 aliphatic carbocycles. The second-order valence-electron chi connectivity index (χ2n) is 4.77. The number of ketones is 1. The normalized spacial score (nSPS) is 10.3. The summed E-state index contributed by atoms with van der Waals surface area (Å²) in [7, 11) is 0. The van der Waals surface area contributed by atoms with Crippen LogP contribution in [-0.4, -0.2) is 22.0 Å². The van der Waals surface area contributed by atoms with Crippen LogP contribution in [0.2, 0.25) is 0 Å². The summed E-state index contributed by atoms with van der Waals surface area (Å²) in [6, 6.07) is 14.5. The van der Waals surface area contributed by atoms with Gasteiger partial charge in [0, 0.05) is 12.8 Å². The molecule has 0 aliphatic rings. The molecule has 0 fully saturated rings. The number of phenols is 1. The molecule has 0 radical (unpaired) electrons. The van der Waals surface area contributed by atoms with Crippen LogP contribution in [0, 0.1) is 0 Å². The van der Waals surface area contributed by atoms with Crippen LogP contribution in [0.25, 0.3) is 11.1 Å². The van der Waals surface area contributed by atoms with E-state index >= 15 is 0 Å². The number of phenolic OH excluding ortho intramolecular Hbond substituents is 1. The van der Waals surface area contributed by atoms with Gasteiger partial charge in [-0.3, -0.25) is 9.59 Å². The van der Waals surface area contributed by atoms with Crippen LogP contribution in [0.15, 0.2) is 48.5 Å². The summed E-state index contributed by atoms with van der Waals surface area (Å²) in [4.78, 5) is 22.4. The van der Waals surface area contributed by atoms with E-state index < -0.39 is 5.97 Å². The van der Waals surface area contributed by atoms with Crippen molar-refractivity contribution in [2.45, 2.75) is 19.3 Å². The molecule has 108 valence electrons. The molecular weight excluding hydrogens is 268 g/mol. The van der Waals surface area contributed by atoms with Gasteiger partial charge in [-0.2, -0.15) is 0 Å². The number of rotatable bonds is 6. The highest BCUT2D eigenvalue weighted by molar-refractivity contribution is 5.99. The molecule has 0 bridgehead atoms. The lowest BCUT2D eigenvalue weighted by Gasteiger charge is -2.07. The minimum Gasteiger partial charge on any atom is -0.507 e. The van der Waals surface area contributed by atoms with Crippen molar-refractivity contribution in [3.05, 3.63) is 54.1 Å². The zero-order valence-electron chi connectivity index (χ0n) is 11.5. The van der Waals surface area contributed by atoms with Gasteiger partial charge in [0.25, 0.3) is 0 Å². The van der Waals surface area contributed by atoms with Gasteiger partial charge in [-0.1, -0.05) is 36.4 Å². The minimum atomic E-state index is -0.925. The van der Waals surface area contributed by atoms with Gasteiger partial charge in [-0.25, -0.2) is 0 Å². The predicted molar refractivity (Wildman–Crippen MR) is 79.4 cm³/mol. The molecular formula is C17H16O4.